The SMILES string of the molecule is CC(NCC1(CO)COC1)c1ccc(-c2ccccc2[N+](=O)[O-])s1. The van der Waals surface area contributed by atoms with Crippen molar-refractivity contribution in [1.29, 1.82) is 0 Å². The lowest BCUT2D eigenvalue weighted by molar-refractivity contribution is -0.384. The minimum absolute atomic E-state index is 0.107. The Hall–Kier alpha value is -1.80. The van der Waals surface area contributed by atoms with E-state index in [1.165, 1.54) is 6.07 Å². The van der Waals surface area contributed by atoms with E-state index >= 15 is 0 Å². The number of benzene rings is 1. The first-order valence-corrected chi connectivity index (χ1v) is 8.62. The highest BCUT2D eigenvalue weighted by molar-refractivity contribution is 7.15. The fourth-order valence-corrected chi connectivity index (χ4v) is 3.75. The van der Waals surface area contributed by atoms with Crippen molar-refractivity contribution in [1.82, 2.24) is 5.32 Å². The van der Waals surface area contributed by atoms with Crippen LogP contribution in [0, 0.1) is 15.5 Å². The first kappa shape index (κ1) is 17.0. The maximum Gasteiger partial charge on any atom is 0.278 e. The Kier molecular flexibility index (Phi) is 4.96. The minimum atomic E-state index is -0.349. The van der Waals surface area contributed by atoms with Gasteiger partial charge in [-0.3, -0.25) is 10.1 Å². The van der Waals surface area contributed by atoms with Crippen LogP contribution in [-0.4, -0.2) is 36.4 Å². The van der Waals surface area contributed by atoms with Gasteiger partial charge in [-0.25, -0.2) is 0 Å². The molecule has 1 atom stereocenters. The predicted octanol–water partition coefficient (Wildman–Crippen LogP) is 2.98. The highest BCUT2D eigenvalue weighted by Crippen LogP contribution is 2.36. The summed E-state index contributed by atoms with van der Waals surface area (Å²) in [5, 5.41) is 24.1. The Morgan fingerprint density at radius 2 is 2.12 bits per heavy atom. The van der Waals surface area contributed by atoms with Gasteiger partial charge in [0.2, 0.25) is 0 Å². The molecule has 128 valence electrons. The fourth-order valence-electron chi connectivity index (χ4n) is 2.68. The second kappa shape index (κ2) is 6.98. The van der Waals surface area contributed by atoms with Crippen LogP contribution in [0.15, 0.2) is 36.4 Å². The predicted molar refractivity (Wildman–Crippen MR) is 93.2 cm³/mol. The number of hydrogen-bond acceptors (Lipinski definition) is 6. The van der Waals surface area contributed by atoms with Crippen LogP contribution in [-0.2, 0) is 4.74 Å². The summed E-state index contributed by atoms with van der Waals surface area (Å²) in [6.07, 6.45) is 0. The summed E-state index contributed by atoms with van der Waals surface area (Å²) in [6, 6.07) is 10.8. The lowest BCUT2D eigenvalue weighted by Crippen LogP contribution is -2.52. The van der Waals surface area contributed by atoms with E-state index in [0.717, 1.165) is 9.75 Å². The molecule has 0 aliphatic carbocycles. The number of rotatable bonds is 7. The molecule has 0 spiro atoms. The number of nitrogens with zero attached hydrogens (tertiary/aromatic N) is 1. The zero-order valence-corrected chi connectivity index (χ0v) is 14.2. The zero-order chi connectivity index (χ0) is 17.2. The number of aliphatic hydroxyl groups is 1. The average molecular weight is 348 g/mol. The second-order valence-corrected chi connectivity index (χ2v) is 7.35. The molecule has 2 N–H and O–H groups in total. The van der Waals surface area contributed by atoms with Crippen LogP contribution in [0.3, 0.4) is 0 Å². The van der Waals surface area contributed by atoms with Gasteiger partial charge in [0.15, 0.2) is 0 Å². The Bertz CT molecular complexity index is 721. The minimum Gasteiger partial charge on any atom is -0.396 e. The molecule has 1 unspecified atom stereocenters. The van der Waals surface area contributed by atoms with Crippen LogP contribution in [0.1, 0.15) is 17.8 Å². The number of para-hydroxylation sites is 1. The van der Waals surface area contributed by atoms with E-state index in [0.29, 0.717) is 25.3 Å². The summed E-state index contributed by atoms with van der Waals surface area (Å²) >= 11 is 1.55. The Morgan fingerprint density at radius 3 is 2.75 bits per heavy atom. The van der Waals surface area contributed by atoms with Crippen molar-refractivity contribution < 1.29 is 14.8 Å². The number of hydrogen-bond donors (Lipinski definition) is 2. The van der Waals surface area contributed by atoms with Crippen LogP contribution in [0.25, 0.3) is 10.4 Å². The molecular formula is C17H20N2O4S. The molecule has 2 heterocycles. The largest absolute Gasteiger partial charge is 0.396 e. The standard InChI is InChI=1S/C17H20N2O4S/c1-12(18-8-17(9-20)10-23-11-17)15-6-7-16(24-15)13-4-2-3-5-14(13)19(21)22/h2-7,12,18,20H,8-11H2,1H3. The second-order valence-electron chi connectivity index (χ2n) is 6.23. The molecule has 1 aromatic carbocycles. The molecule has 0 amide bonds. The van der Waals surface area contributed by atoms with Crippen LogP contribution in [0.2, 0.25) is 0 Å². The molecule has 6 nitrogen and oxygen atoms in total. The first-order valence-electron chi connectivity index (χ1n) is 7.80. The highest BCUT2D eigenvalue weighted by atomic mass is 32.1. The van der Waals surface area contributed by atoms with Gasteiger partial charge < -0.3 is 15.2 Å². The molecule has 1 fully saturated rings. The van der Waals surface area contributed by atoms with Crippen molar-refractivity contribution in [2.24, 2.45) is 5.41 Å². The summed E-state index contributed by atoms with van der Waals surface area (Å²) in [7, 11) is 0. The smallest absolute Gasteiger partial charge is 0.278 e. The van der Waals surface area contributed by atoms with E-state index in [1.807, 2.05) is 18.2 Å². The third-order valence-corrected chi connectivity index (χ3v) is 5.66. The molecule has 1 aromatic heterocycles. The van der Waals surface area contributed by atoms with E-state index in [9.17, 15) is 15.2 Å². The summed E-state index contributed by atoms with van der Waals surface area (Å²) in [5.74, 6) is 0. The van der Waals surface area contributed by atoms with E-state index in [-0.39, 0.29) is 28.7 Å². The number of thiophene rings is 1. The van der Waals surface area contributed by atoms with Crippen molar-refractivity contribution in [2.75, 3.05) is 26.4 Å². The highest BCUT2D eigenvalue weighted by Gasteiger charge is 2.38. The molecule has 2 aromatic rings. The van der Waals surface area contributed by atoms with Gasteiger partial charge in [0.1, 0.15) is 0 Å². The Labute approximate surface area is 144 Å². The van der Waals surface area contributed by atoms with E-state index < -0.39 is 0 Å². The van der Waals surface area contributed by atoms with Gasteiger partial charge in [-0.05, 0) is 25.1 Å². The third-order valence-electron chi connectivity index (χ3n) is 4.35. The van der Waals surface area contributed by atoms with Crippen molar-refractivity contribution in [3.8, 4) is 10.4 Å². The van der Waals surface area contributed by atoms with Crippen LogP contribution < -0.4 is 5.32 Å². The summed E-state index contributed by atoms with van der Waals surface area (Å²) < 4.78 is 5.20. The van der Waals surface area contributed by atoms with Crippen molar-refractivity contribution in [3.05, 3.63) is 51.4 Å². The average Bonchev–Trinajstić information content (AvgIpc) is 3.04. The number of aliphatic hydroxyl groups excluding tert-OH is 1. The Morgan fingerprint density at radius 1 is 1.38 bits per heavy atom. The van der Waals surface area contributed by atoms with Gasteiger partial charge in [0, 0.05) is 28.4 Å². The topological polar surface area (TPSA) is 84.6 Å². The number of ether oxygens (including phenoxy) is 1. The maximum atomic E-state index is 11.2. The van der Waals surface area contributed by atoms with E-state index in [2.05, 4.69) is 12.2 Å². The van der Waals surface area contributed by atoms with Crippen molar-refractivity contribution in [3.63, 3.8) is 0 Å². The van der Waals surface area contributed by atoms with Crippen molar-refractivity contribution >= 4 is 17.0 Å². The number of nitro groups is 1. The quantitative estimate of drug-likeness (QED) is 0.593. The molecule has 0 bridgehead atoms. The zero-order valence-electron chi connectivity index (χ0n) is 13.4. The van der Waals surface area contributed by atoms with Gasteiger partial charge in [0.05, 0.1) is 35.7 Å². The molecule has 0 radical (unpaired) electrons. The molecular weight excluding hydrogens is 328 g/mol. The van der Waals surface area contributed by atoms with E-state index in [4.69, 9.17) is 4.74 Å². The monoisotopic (exact) mass is 348 g/mol. The summed E-state index contributed by atoms with van der Waals surface area (Å²) in [5.41, 5.74) is 0.592. The number of nitrogens with one attached hydrogen (secondary N) is 1. The molecule has 1 saturated heterocycles. The summed E-state index contributed by atoms with van der Waals surface area (Å²) in [6.45, 7) is 4.01. The van der Waals surface area contributed by atoms with E-state index in [1.54, 1.807) is 23.5 Å². The normalized spacial score (nSPS) is 17.2. The molecule has 7 heteroatoms. The van der Waals surface area contributed by atoms with Crippen LogP contribution in [0.4, 0.5) is 5.69 Å². The van der Waals surface area contributed by atoms with Crippen molar-refractivity contribution in [2.45, 2.75) is 13.0 Å². The molecule has 24 heavy (non-hydrogen) atoms. The molecule has 3 rings (SSSR count). The van der Waals surface area contributed by atoms with Gasteiger partial charge in [-0.15, -0.1) is 11.3 Å². The van der Waals surface area contributed by atoms with Gasteiger partial charge in [0.25, 0.3) is 5.69 Å². The third kappa shape index (κ3) is 3.34. The molecule has 1 aliphatic heterocycles. The fraction of sp³-hybridized carbons (Fsp3) is 0.412. The number of nitro benzene ring substituents is 1. The van der Waals surface area contributed by atoms with Crippen LogP contribution >= 0.6 is 11.3 Å². The molecule has 0 saturated carbocycles. The summed E-state index contributed by atoms with van der Waals surface area (Å²) in [4.78, 5) is 12.8. The lowest BCUT2D eigenvalue weighted by atomic mass is 9.87. The van der Waals surface area contributed by atoms with Gasteiger partial charge in [-0.2, -0.15) is 0 Å². The van der Waals surface area contributed by atoms with Gasteiger partial charge >= 0.3 is 0 Å². The van der Waals surface area contributed by atoms with Gasteiger partial charge in [-0.1, -0.05) is 12.1 Å². The lowest BCUT2D eigenvalue weighted by Gasteiger charge is -2.40. The first-order chi connectivity index (χ1) is 11.5. The molecule has 1 aliphatic rings. The maximum absolute atomic E-state index is 11.2. The Balaban J connectivity index is 1.72. The van der Waals surface area contributed by atoms with Crippen LogP contribution in [0.5, 0.6) is 0 Å².